The van der Waals surface area contributed by atoms with Crippen molar-refractivity contribution in [2.45, 2.75) is 13.5 Å². The number of nitrogens with one attached hydrogen (secondary N) is 1. The van der Waals surface area contributed by atoms with Gasteiger partial charge in [0.15, 0.2) is 0 Å². The Labute approximate surface area is 154 Å². The van der Waals surface area contributed by atoms with Gasteiger partial charge in [0.2, 0.25) is 0 Å². The van der Waals surface area contributed by atoms with Gasteiger partial charge in [0.1, 0.15) is 5.56 Å². The molecular formula is C20H17BrN2O2. The van der Waals surface area contributed by atoms with Crippen LogP contribution in [0, 0.1) is 6.92 Å². The molecule has 0 aliphatic rings. The fourth-order valence-electron chi connectivity index (χ4n) is 2.57. The number of aromatic nitrogens is 1. The van der Waals surface area contributed by atoms with Gasteiger partial charge in [-0.05, 0) is 48.4 Å². The van der Waals surface area contributed by atoms with Gasteiger partial charge in [-0.25, -0.2) is 0 Å². The topological polar surface area (TPSA) is 51.1 Å². The van der Waals surface area contributed by atoms with E-state index in [4.69, 9.17) is 0 Å². The Bertz CT molecular complexity index is 965. The van der Waals surface area contributed by atoms with Crippen LogP contribution >= 0.6 is 15.9 Å². The van der Waals surface area contributed by atoms with E-state index in [1.807, 2.05) is 55.5 Å². The largest absolute Gasteiger partial charge is 0.322 e. The third-order valence-corrected chi connectivity index (χ3v) is 4.39. The van der Waals surface area contributed by atoms with Crippen LogP contribution in [-0.4, -0.2) is 10.5 Å². The summed E-state index contributed by atoms with van der Waals surface area (Å²) in [6.07, 6.45) is 1.69. The average molecular weight is 397 g/mol. The molecule has 0 unspecified atom stereocenters. The number of pyridine rings is 1. The third kappa shape index (κ3) is 4.06. The number of aryl methyl sites for hydroxylation is 1. The molecule has 1 amide bonds. The smallest absolute Gasteiger partial charge is 0.263 e. The highest BCUT2D eigenvalue weighted by molar-refractivity contribution is 9.10. The van der Waals surface area contributed by atoms with Gasteiger partial charge in [0.25, 0.3) is 11.5 Å². The van der Waals surface area contributed by atoms with Crippen LogP contribution in [0.4, 0.5) is 5.69 Å². The summed E-state index contributed by atoms with van der Waals surface area (Å²) in [6.45, 7) is 2.33. The Morgan fingerprint density at radius 3 is 2.56 bits per heavy atom. The van der Waals surface area contributed by atoms with Crippen molar-refractivity contribution in [2.75, 3.05) is 5.32 Å². The molecule has 2 aromatic carbocycles. The Hall–Kier alpha value is -2.66. The lowest BCUT2D eigenvalue weighted by molar-refractivity contribution is 0.102. The average Bonchev–Trinajstić information content (AvgIpc) is 2.60. The number of benzene rings is 2. The number of anilines is 1. The number of hydrogen-bond acceptors (Lipinski definition) is 2. The van der Waals surface area contributed by atoms with Gasteiger partial charge < -0.3 is 9.88 Å². The van der Waals surface area contributed by atoms with Gasteiger partial charge in [-0.3, -0.25) is 9.59 Å². The van der Waals surface area contributed by atoms with Crippen LogP contribution in [-0.2, 0) is 6.54 Å². The fraction of sp³-hybridized carbons (Fsp3) is 0.100. The zero-order chi connectivity index (χ0) is 17.8. The van der Waals surface area contributed by atoms with Crippen molar-refractivity contribution in [1.82, 2.24) is 4.57 Å². The van der Waals surface area contributed by atoms with Crippen LogP contribution in [0.3, 0.4) is 0 Å². The number of carbonyl (C=O) groups excluding carboxylic acids is 1. The highest BCUT2D eigenvalue weighted by Crippen LogP contribution is 2.20. The molecule has 1 heterocycles. The number of hydrogen-bond donors (Lipinski definition) is 1. The summed E-state index contributed by atoms with van der Waals surface area (Å²) in [5.41, 5.74) is 2.43. The van der Waals surface area contributed by atoms with Crippen LogP contribution < -0.4 is 10.9 Å². The number of carbonyl (C=O) groups is 1. The van der Waals surface area contributed by atoms with Crippen molar-refractivity contribution in [1.29, 1.82) is 0 Å². The first-order chi connectivity index (χ1) is 12.0. The Morgan fingerprint density at radius 1 is 1.08 bits per heavy atom. The maximum atomic E-state index is 12.6. The van der Waals surface area contributed by atoms with Crippen LogP contribution in [0.1, 0.15) is 21.5 Å². The van der Waals surface area contributed by atoms with E-state index in [0.717, 1.165) is 15.6 Å². The van der Waals surface area contributed by atoms with Crippen molar-refractivity contribution >= 4 is 27.5 Å². The zero-order valence-corrected chi connectivity index (χ0v) is 15.3. The minimum Gasteiger partial charge on any atom is -0.322 e. The second-order valence-corrected chi connectivity index (χ2v) is 6.67. The first kappa shape index (κ1) is 17.2. The van der Waals surface area contributed by atoms with Gasteiger partial charge in [-0.1, -0.05) is 46.3 Å². The van der Waals surface area contributed by atoms with Crippen molar-refractivity contribution in [3.8, 4) is 0 Å². The van der Waals surface area contributed by atoms with E-state index < -0.39 is 5.91 Å². The molecule has 0 saturated heterocycles. The molecule has 3 aromatic rings. The molecule has 0 fully saturated rings. The normalized spacial score (nSPS) is 10.5. The van der Waals surface area contributed by atoms with Crippen molar-refractivity contribution in [3.05, 3.63) is 98.4 Å². The summed E-state index contributed by atoms with van der Waals surface area (Å²) in [4.78, 5) is 25.2. The van der Waals surface area contributed by atoms with E-state index in [1.54, 1.807) is 22.9 Å². The number of amides is 1. The zero-order valence-electron chi connectivity index (χ0n) is 13.7. The second-order valence-electron chi connectivity index (χ2n) is 5.75. The Balaban J connectivity index is 1.86. The van der Waals surface area contributed by atoms with E-state index in [9.17, 15) is 9.59 Å². The Kier molecular flexibility index (Phi) is 5.14. The van der Waals surface area contributed by atoms with Gasteiger partial charge in [0.05, 0.1) is 6.54 Å². The van der Waals surface area contributed by atoms with Crippen LogP contribution in [0.15, 0.2) is 76.1 Å². The Morgan fingerprint density at radius 2 is 1.84 bits per heavy atom. The van der Waals surface area contributed by atoms with Gasteiger partial charge in [-0.2, -0.15) is 0 Å². The molecule has 3 rings (SSSR count). The molecule has 1 aromatic heterocycles. The predicted octanol–water partition coefficient (Wildman–Crippen LogP) is 4.22. The first-order valence-electron chi connectivity index (χ1n) is 7.85. The first-order valence-corrected chi connectivity index (χ1v) is 8.65. The summed E-state index contributed by atoms with van der Waals surface area (Å²) in [6, 6.07) is 18.5. The maximum Gasteiger partial charge on any atom is 0.263 e. The highest BCUT2D eigenvalue weighted by Gasteiger charge is 2.13. The van der Waals surface area contributed by atoms with E-state index >= 15 is 0 Å². The van der Waals surface area contributed by atoms with E-state index in [1.165, 1.54) is 0 Å². The van der Waals surface area contributed by atoms with E-state index in [2.05, 4.69) is 21.2 Å². The lowest BCUT2D eigenvalue weighted by atomic mass is 10.2. The molecule has 0 aliphatic heterocycles. The van der Waals surface area contributed by atoms with Crippen LogP contribution in [0.2, 0.25) is 0 Å². The summed E-state index contributed by atoms with van der Waals surface area (Å²) in [5.74, 6) is -0.405. The van der Waals surface area contributed by atoms with Gasteiger partial charge in [-0.15, -0.1) is 0 Å². The minimum atomic E-state index is -0.405. The molecule has 0 saturated carbocycles. The van der Waals surface area contributed by atoms with Gasteiger partial charge >= 0.3 is 0 Å². The van der Waals surface area contributed by atoms with Crippen molar-refractivity contribution in [2.24, 2.45) is 0 Å². The summed E-state index contributed by atoms with van der Waals surface area (Å²) in [7, 11) is 0. The fourth-order valence-corrected chi connectivity index (χ4v) is 3.05. The number of nitrogens with zero attached hydrogens (tertiary/aromatic N) is 1. The molecule has 0 radical (unpaired) electrons. The molecular weight excluding hydrogens is 380 g/mol. The molecule has 0 bridgehead atoms. The quantitative estimate of drug-likeness (QED) is 0.717. The number of halogens is 1. The molecule has 0 aliphatic carbocycles. The summed E-state index contributed by atoms with van der Waals surface area (Å²) in [5, 5.41) is 2.81. The minimum absolute atomic E-state index is 0.126. The highest BCUT2D eigenvalue weighted by atomic mass is 79.9. The van der Waals surface area contributed by atoms with Crippen molar-refractivity contribution < 1.29 is 4.79 Å². The van der Waals surface area contributed by atoms with E-state index in [-0.39, 0.29) is 11.1 Å². The standard InChI is InChI=1S/C20H17BrN2O2/c1-14-12-16(21)9-10-18(14)22-19(24)17-8-5-11-23(20(17)25)13-15-6-3-2-4-7-15/h2-12H,13H2,1H3,(H,22,24). The monoisotopic (exact) mass is 396 g/mol. The predicted molar refractivity (Wildman–Crippen MR) is 103 cm³/mol. The molecule has 0 spiro atoms. The third-order valence-electron chi connectivity index (χ3n) is 3.90. The van der Waals surface area contributed by atoms with Crippen molar-refractivity contribution in [3.63, 3.8) is 0 Å². The lowest BCUT2D eigenvalue weighted by Gasteiger charge is -2.10. The SMILES string of the molecule is Cc1cc(Br)ccc1NC(=O)c1cccn(Cc2ccccc2)c1=O. The van der Waals surface area contributed by atoms with Crippen LogP contribution in [0.25, 0.3) is 0 Å². The van der Waals surface area contributed by atoms with E-state index in [0.29, 0.717) is 12.2 Å². The van der Waals surface area contributed by atoms with Gasteiger partial charge in [0, 0.05) is 16.4 Å². The molecule has 5 heteroatoms. The lowest BCUT2D eigenvalue weighted by Crippen LogP contribution is -2.29. The summed E-state index contributed by atoms with van der Waals surface area (Å²) < 4.78 is 2.48. The second kappa shape index (κ2) is 7.49. The van der Waals surface area contributed by atoms with Crippen LogP contribution in [0.5, 0.6) is 0 Å². The molecule has 1 N–H and O–H groups in total. The molecule has 126 valence electrons. The molecule has 25 heavy (non-hydrogen) atoms. The maximum absolute atomic E-state index is 12.6. The number of rotatable bonds is 4. The molecule has 4 nitrogen and oxygen atoms in total. The summed E-state index contributed by atoms with van der Waals surface area (Å²) >= 11 is 3.39. The molecule has 0 atom stereocenters.